The van der Waals surface area contributed by atoms with Gasteiger partial charge in [-0.25, -0.2) is 0 Å². The Hall–Kier alpha value is -4.45. The number of benzene rings is 3. The fraction of sp³-hybridized carbons (Fsp3) is 0.138. The van der Waals surface area contributed by atoms with Crippen LogP contribution in [0, 0.1) is 0 Å². The first-order valence-electron chi connectivity index (χ1n) is 11.1. The van der Waals surface area contributed by atoms with Gasteiger partial charge in [0.25, 0.3) is 0 Å². The molecule has 35 heavy (non-hydrogen) atoms. The van der Waals surface area contributed by atoms with Gasteiger partial charge in [0.05, 0.1) is 21.3 Å². The van der Waals surface area contributed by atoms with E-state index in [1.165, 1.54) is 0 Å². The summed E-state index contributed by atoms with van der Waals surface area (Å²) in [6, 6.07) is 19.6. The summed E-state index contributed by atoms with van der Waals surface area (Å²) in [5.41, 5.74) is 4.56. The van der Waals surface area contributed by atoms with Gasteiger partial charge in [0.2, 0.25) is 5.75 Å². The highest BCUT2D eigenvalue weighted by molar-refractivity contribution is 6.13. The molecular formula is C29H28N2O4. The van der Waals surface area contributed by atoms with Crippen LogP contribution in [0.3, 0.4) is 0 Å². The first-order chi connectivity index (χ1) is 17.0. The van der Waals surface area contributed by atoms with E-state index in [2.05, 4.69) is 5.32 Å². The van der Waals surface area contributed by atoms with E-state index in [1.54, 1.807) is 33.6 Å². The maximum atomic E-state index is 12.7. The van der Waals surface area contributed by atoms with E-state index in [0.29, 0.717) is 22.8 Å². The second-order valence-electron chi connectivity index (χ2n) is 7.93. The van der Waals surface area contributed by atoms with Gasteiger partial charge in [-0.2, -0.15) is 0 Å². The van der Waals surface area contributed by atoms with Gasteiger partial charge in [-0.15, -0.1) is 0 Å². The van der Waals surface area contributed by atoms with Gasteiger partial charge in [0.15, 0.2) is 17.3 Å². The number of methoxy groups -OCH3 is 3. The van der Waals surface area contributed by atoms with Crippen LogP contribution in [-0.2, 0) is 7.05 Å². The molecule has 0 fully saturated rings. The lowest BCUT2D eigenvalue weighted by Gasteiger charge is -2.12. The fourth-order valence-electron chi connectivity index (χ4n) is 3.92. The summed E-state index contributed by atoms with van der Waals surface area (Å²) < 4.78 is 18.2. The molecule has 178 valence electrons. The highest BCUT2D eigenvalue weighted by atomic mass is 16.5. The molecule has 0 spiro atoms. The Kier molecular flexibility index (Phi) is 7.21. The topological polar surface area (TPSA) is 61.7 Å². The van der Waals surface area contributed by atoms with E-state index < -0.39 is 0 Å². The van der Waals surface area contributed by atoms with Crippen LogP contribution in [0.25, 0.3) is 23.1 Å². The third-order valence-corrected chi connectivity index (χ3v) is 5.71. The molecule has 0 unspecified atom stereocenters. The molecule has 0 atom stereocenters. The van der Waals surface area contributed by atoms with Crippen LogP contribution in [0.5, 0.6) is 17.2 Å². The van der Waals surface area contributed by atoms with Crippen LogP contribution in [-0.4, -0.2) is 31.7 Å². The number of anilines is 1. The first-order valence-corrected chi connectivity index (χ1v) is 11.1. The molecule has 0 saturated carbocycles. The van der Waals surface area contributed by atoms with Gasteiger partial charge in [-0.05, 0) is 41.5 Å². The zero-order chi connectivity index (χ0) is 24.8. The van der Waals surface area contributed by atoms with E-state index in [0.717, 1.165) is 27.7 Å². The monoisotopic (exact) mass is 468 g/mol. The average Bonchev–Trinajstić information content (AvgIpc) is 3.24. The van der Waals surface area contributed by atoms with E-state index in [1.807, 2.05) is 90.6 Å². The molecule has 6 nitrogen and oxygen atoms in total. The van der Waals surface area contributed by atoms with Crippen LogP contribution < -0.4 is 19.5 Å². The minimum Gasteiger partial charge on any atom is -0.493 e. The predicted octanol–water partition coefficient (Wildman–Crippen LogP) is 6.18. The predicted molar refractivity (Wildman–Crippen MR) is 141 cm³/mol. The number of aromatic nitrogens is 1. The van der Waals surface area contributed by atoms with Gasteiger partial charge < -0.3 is 24.1 Å². The summed E-state index contributed by atoms with van der Waals surface area (Å²) in [5, 5.41) is 4.12. The minimum absolute atomic E-state index is 0.0424. The number of rotatable bonds is 9. The Morgan fingerprint density at radius 2 is 1.51 bits per heavy atom. The first kappa shape index (κ1) is 23.7. The third kappa shape index (κ3) is 5.22. The van der Waals surface area contributed by atoms with Crippen molar-refractivity contribution in [2.24, 2.45) is 7.05 Å². The number of carbonyl (C=O) groups is 1. The van der Waals surface area contributed by atoms with Gasteiger partial charge in [0, 0.05) is 47.7 Å². The highest BCUT2D eigenvalue weighted by Gasteiger charge is 2.12. The molecule has 0 aliphatic heterocycles. The lowest BCUT2D eigenvalue weighted by Crippen LogP contribution is -1.95. The molecule has 1 heterocycles. The Morgan fingerprint density at radius 3 is 2.17 bits per heavy atom. The number of hydrogen-bond acceptors (Lipinski definition) is 5. The number of para-hydroxylation sites is 1. The van der Waals surface area contributed by atoms with Crippen molar-refractivity contribution in [2.45, 2.75) is 0 Å². The number of carbonyl (C=O) groups excluding carboxylic acids is 1. The molecule has 6 heteroatoms. The standard InChI is InChI=1S/C29H28N2O4/c1-31-19-24(23-7-5-6-8-25(23)31)26(32)15-16-30-22-13-11-20(12-14-22)9-10-21-17-27(33-2)29(35-4)28(18-21)34-3/h5-19,30H,1-4H3/b10-9+,16-15-. The SMILES string of the molecule is COc1cc(/C=C/c2ccc(N/C=C\C(=O)c3cn(C)c4ccccc34)cc2)cc(OC)c1OC. The van der Waals surface area contributed by atoms with Crippen molar-refractivity contribution >= 4 is 34.5 Å². The van der Waals surface area contributed by atoms with Crippen LogP contribution in [0.2, 0.25) is 0 Å². The lowest BCUT2D eigenvalue weighted by molar-refractivity contribution is 0.104. The Morgan fingerprint density at radius 1 is 0.857 bits per heavy atom. The Labute approximate surface area is 205 Å². The molecule has 0 aliphatic carbocycles. The van der Waals surface area contributed by atoms with Crippen LogP contribution >= 0.6 is 0 Å². The molecule has 0 amide bonds. The summed E-state index contributed by atoms with van der Waals surface area (Å²) in [5.74, 6) is 1.74. The third-order valence-electron chi connectivity index (χ3n) is 5.71. The quantitative estimate of drug-likeness (QED) is 0.180. The second kappa shape index (κ2) is 10.7. The fourth-order valence-corrected chi connectivity index (χ4v) is 3.92. The van der Waals surface area contributed by atoms with Crippen molar-refractivity contribution in [2.75, 3.05) is 26.6 Å². The molecule has 0 radical (unpaired) electrons. The Bertz CT molecular complexity index is 1370. The van der Waals surface area contributed by atoms with Crippen LogP contribution in [0.15, 0.2) is 79.1 Å². The van der Waals surface area contributed by atoms with E-state index in [-0.39, 0.29) is 5.78 Å². The maximum Gasteiger partial charge on any atom is 0.203 e. The number of allylic oxidation sites excluding steroid dienone is 1. The van der Waals surface area contributed by atoms with E-state index in [9.17, 15) is 4.79 Å². The van der Waals surface area contributed by atoms with Crippen LogP contribution in [0.4, 0.5) is 5.69 Å². The highest BCUT2D eigenvalue weighted by Crippen LogP contribution is 2.38. The van der Waals surface area contributed by atoms with Gasteiger partial charge in [-0.1, -0.05) is 42.5 Å². The van der Waals surface area contributed by atoms with Crippen molar-refractivity contribution in [1.82, 2.24) is 4.57 Å². The zero-order valence-corrected chi connectivity index (χ0v) is 20.2. The average molecular weight is 469 g/mol. The summed E-state index contributed by atoms with van der Waals surface area (Å²) in [6.45, 7) is 0. The lowest BCUT2D eigenvalue weighted by atomic mass is 10.1. The molecular weight excluding hydrogens is 440 g/mol. The summed E-state index contributed by atoms with van der Waals surface area (Å²) in [7, 11) is 6.72. The molecule has 0 aliphatic rings. The summed E-state index contributed by atoms with van der Waals surface area (Å²) >= 11 is 0. The number of fused-ring (bicyclic) bond motifs is 1. The zero-order valence-electron chi connectivity index (χ0n) is 20.2. The summed E-state index contributed by atoms with van der Waals surface area (Å²) in [6.07, 6.45) is 9.08. The van der Waals surface area contributed by atoms with Crippen LogP contribution in [0.1, 0.15) is 21.5 Å². The number of nitrogens with zero attached hydrogens (tertiary/aromatic N) is 1. The molecule has 3 aromatic carbocycles. The van der Waals surface area contributed by atoms with Crippen molar-refractivity contribution in [3.63, 3.8) is 0 Å². The number of nitrogens with one attached hydrogen (secondary N) is 1. The number of ketones is 1. The largest absolute Gasteiger partial charge is 0.493 e. The number of hydrogen-bond donors (Lipinski definition) is 1. The van der Waals surface area contributed by atoms with Crippen molar-refractivity contribution in [3.8, 4) is 17.2 Å². The molecule has 4 rings (SSSR count). The number of ether oxygens (including phenoxy) is 3. The van der Waals surface area contributed by atoms with Crippen molar-refractivity contribution in [3.05, 3.63) is 95.8 Å². The minimum atomic E-state index is -0.0424. The van der Waals surface area contributed by atoms with Gasteiger partial charge in [0.1, 0.15) is 0 Å². The van der Waals surface area contributed by atoms with Gasteiger partial charge in [-0.3, -0.25) is 4.79 Å². The normalized spacial score (nSPS) is 11.3. The molecule has 4 aromatic rings. The van der Waals surface area contributed by atoms with E-state index >= 15 is 0 Å². The molecule has 0 bridgehead atoms. The molecule has 0 saturated heterocycles. The molecule has 1 aromatic heterocycles. The van der Waals surface area contributed by atoms with Crippen molar-refractivity contribution in [1.29, 1.82) is 0 Å². The Balaban J connectivity index is 1.42. The van der Waals surface area contributed by atoms with Gasteiger partial charge >= 0.3 is 0 Å². The molecule has 1 N–H and O–H groups in total. The summed E-state index contributed by atoms with van der Waals surface area (Å²) in [4.78, 5) is 12.7. The van der Waals surface area contributed by atoms with E-state index in [4.69, 9.17) is 14.2 Å². The maximum absolute atomic E-state index is 12.7. The number of aryl methyl sites for hydroxylation is 1. The smallest absolute Gasteiger partial charge is 0.203 e. The second-order valence-corrected chi connectivity index (χ2v) is 7.93. The van der Waals surface area contributed by atoms with Crippen molar-refractivity contribution < 1.29 is 19.0 Å².